The van der Waals surface area contributed by atoms with Crippen molar-refractivity contribution in [3.63, 3.8) is 0 Å². The van der Waals surface area contributed by atoms with Crippen LogP contribution in [0.5, 0.6) is 0 Å². The topological polar surface area (TPSA) is 83.5 Å². The van der Waals surface area contributed by atoms with Gasteiger partial charge in [-0.05, 0) is 6.92 Å². The molecule has 0 radical (unpaired) electrons. The Morgan fingerprint density at radius 1 is 1.88 bits per heavy atom. The molecule has 1 atom stereocenters. The van der Waals surface area contributed by atoms with E-state index in [1.165, 1.54) is 0 Å². The van der Waals surface area contributed by atoms with Crippen LogP contribution >= 0.6 is 0 Å². The molecule has 4 heteroatoms. The molecule has 0 aromatic carbocycles. The van der Waals surface area contributed by atoms with Crippen LogP contribution in [0.15, 0.2) is 0 Å². The number of rotatable bonds is 2. The number of hydrogen-bond acceptors (Lipinski definition) is 3. The van der Waals surface area contributed by atoms with Gasteiger partial charge in [0.1, 0.15) is 0 Å². The first-order chi connectivity index (χ1) is 3.50. The van der Waals surface area contributed by atoms with E-state index in [-0.39, 0.29) is 6.54 Å². The normalized spacial score (nSPS) is 17.4. The standard InChI is InChI=1S/C4H9NO3/c1-4(8,2-5)3(6)7/h8H,2,5H2,1H3,(H,6,7)/t4-/m0/s1. The molecule has 4 nitrogen and oxygen atoms in total. The molecule has 4 N–H and O–H groups in total. The van der Waals surface area contributed by atoms with Crippen LogP contribution in [0.2, 0.25) is 0 Å². The van der Waals surface area contributed by atoms with Crippen LogP contribution in [0.3, 0.4) is 0 Å². The first-order valence-corrected chi connectivity index (χ1v) is 2.16. The lowest BCUT2D eigenvalue weighted by Crippen LogP contribution is -2.42. The van der Waals surface area contributed by atoms with Crippen molar-refractivity contribution >= 4 is 5.97 Å². The van der Waals surface area contributed by atoms with Crippen LogP contribution in [0.1, 0.15) is 6.92 Å². The average Bonchev–Trinajstić information content (AvgIpc) is 1.67. The molecule has 0 aliphatic heterocycles. The Kier molecular flexibility index (Phi) is 1.94. The minimum absolute atomic E-state index is 0.262. The molecule has 0 aromatic heterocycles. The van der Waals surface area contributed by atoms with Crippen LogP contribution in [-0.4, -0.2) is 28.3 Å². The molecule has 0 fully saturated rings. The van der Waals surface area contributed by atoms with Gasteiger partial charge < -0.3 is 15.9 Å². The maximum atomic E-state index is 9.92. The minimum atomic E-state index is -1.76. The van der Waals surface area contributed by atoms with Crippen LogP contribution in [-0.2, 0) is 4.79 Å². The predicted octanol–water partition coefficient (Wildman–Crippen LogP) is -1.22. The number of aliphatic carboxylic acids is 1. The number of carbonyl (C=O) groups is 1. The van der Waals surface area contributed by atoms with Crippen molar-refractivity contribution in [1.82, 2.24) is 0 Å². The van der Waals surface area contributed by atoms with E-state index in [1.54, 1.807) is 0 Å². The zero-order valence-electron chi connectivity index (χ0n) is 4.59. The van der Waals surface area contributed by atoms with Crippen molar-refractivity contribution in [3.05, 3.63) is 0 Å². The summed E-state index contributed by atoms with van der Waals surface area (Å²) in [4.78, 5) is 9.92. The second kappa shape index (κ2) is 2.11. The SMILES string of the molecule is C[C@](O)(CN)C(=O)O. The second-order valence-electron chi connectivity index (χ2n) is 1.78. The maximum absolute atomic E-state index is 9.92. The van der Waals surface area contributed by atoms with Crippen molar-refractivity contribution in [1.29, 1.82) is 0 Å². The summed E-state index contributed by atoms with van der Waals surface area (Å²) in [5, 5.41) is 16.8. The lowest BCUT2D eigenvalue weighted by atomic mass is 10.1. The van der Waals surface area contributed by atoms with E-state index in [4.69, 9.17) is 15.9 Å². The van der Waals surface area contributed by atoms with Gasteiger partial charge in [-0.3, -0.25) is 0 Å². The highest BCUT2D eigenvalue weighted by Crippen LogP contribution is 1.97. The molecule has 0 amide bonds. The summed E-state index contributed by atoms with van der Waals surface area (Å²) in [6.07, 6.45) is 0. The van der Waals surface area contributed by atoms with Crippen LogP contribution < -0.4 is 5.73 Å². The number of carboxylic acid groups (broad SMARTS) is 1. The third-order valence-corrected chi connectivity index (χ3v) is 0.858. The highest BCUT2D eigenvalue weighted by atomic mass is 16.4. The quantitative estimate of drug-likeness (QED) is 0.425. The molecule has 0 bridgehead atoms. The molecule has 0 heterocycles. The van der Waals surface area contributed by atoms with Crippen LogP contribution in [0, 0.1) is 0 Å². The number of nitrogens with two attached hydrogens (primary N) is 1. The van der Waals surface area contributed by atoms with Gasteiger partial charge in [0.05, 0.1) is 0 Å². The molecular weight excluding hydrogens is 110 g/mol. The van der Waals surface area contributed by atoms with Crippen LogP contribution in [0.25, 0.3) is 0 Å². The van der Waals surface area contributed by atoms with Crippen molar-refractivity contribution in [3.8, 4) is 0 Å². The summed E-state index contributed by atoms with van der Waals surface area (Å²) in [7, 11) is 0. The Hall–Kier alpha value is -0.610. The third kappa shape index (κ3) is 1.48. The molecule has 0 saturated heterocycles. The fourth-order valence-electron chi connectivity index (χ4n) is 0.0873. The Balaban J connectivity index is 3.91. The average molecular weight is 119 g/mol. The smallest absolute Gasteiger partial charge is 0.336 e. The van der Waals surface area contributed by atoms with Gasteiger partial charge in [-0.25, -0.2) is 4.79 Å². The Bertz CT molecular complexity index is 99.5. The van der Waals surface area contributed by atoms with Gasteiger partial charge in [-0.2, -0.15) is 0 Å². The largest absolute Gasteiger partial charge is 0.479 e. The van der Waals surface area contributed by atoms with Crippen molar-refractivity contribution in [2.75, 3.05) is 6.54 Å². The highest BCUT2D eigenvalue weighted by molar-refractivity contribution is 5.76. The second-order valence-corrected chi connectivity index (χ2v) is 1.78. The molecule has 48 valence electrons. The molecule has 0 rings (SSSR count). The molecular formula is C4H9NO3. The third-order valence-electron chi connectivity index (χ3n) is 0.858. The molecule has 0 saturated carbocycles. The first kappa shape index (κ1) is 7.39. The van der Waals surface area contributed by atoms with E-state index < -0.39 is 11.6 Å². The lowest BCUT2D eigenvalue weighted by molar-refractivity contribution is -0.155. The van der Waals surface area contributed by atoms with Crippen LogP contribution in [0.4, 0.5) is 0 Å². The van der Waals surface area contributed by atoms with Crippen molar-refractivity contribution in [2.24, 2.45) is 5.73 Å². The monoisotopic (exact) mass is 119 g/mol. The maximum Gasteiger partial charge on any atom is 0.336 e. The summed E-state index contributed by atoms with van der Waals surface area (Å²) < 4.78 is 0. The van der Waals surface area contributed by atoms with Crippen molar-refractivity contribution in [2.45, 2.75) is 12.5 Å². The van der Waals surface area contributed by atoms with Gasteiger partial charge in [-0.1, -0.05) is 0 Å². The van der Waals surface area contributed by atoms with E-state index in [0.717, 1.165) is 6.92 Å². The zero-order valence-corrected chi connectivity index (χ0v) is 4.59. The molecule has 0 unspecified atom stereocenters. The van der Waals surface area contributed by atoms with Gasteiger partial charge in [0, 0.05) is 6.54 Å². The predicted molar refractivity (Wildman–Crippen MR) is 27.3 cm³/mol. The highest BCUT2D eigenvalue weighted by Gasteiger charge is 2.27. The summed E-state index contributed by atoms with van der Waals surface area (Å²) in [5.74, 6) is -1.29. The van der Waals surface area contributed by atoms with E-state index in [1.807, 2.05) is 0 Å². The van der Waals surface area contributed by atoms with Gasteiger partial charge in [0.15, 0.2) is 5.60 Å². The number of aliphatic hydroxyl groups is 1. The fraction of sp³-hybridized carbons (Fsp3) is 0.750. The lowest BCUT2D eigenvalue weighted by Gasteiger charge is -2.13. The van der Waals surface area contributed by atoms with Gasteiger partial charge in [0.25, 0.3) is 0 Å². The van der Waals surface area contributed by atoms with E-state index in [0.29, 0.717) is 0 Å². The summed E-state index contributed by atoms with van der Waals surface area (Å²) in [5.41, 5.74) is 3.11. The van der Waals surface area contributed by atoms with Gasteiger partial charge in [-0.15, -0.1) is 0 Å². The molecule has 0 aliphatic carbocycles. The summed E-state index contributed by atoms with van der Waals surface area (Å²) in [6, 6.07) is 0. The number of hydrogen-bond donors (Lipinski definition) is 3. The zero-order chi connectivity index (χ0) is 6.78. The van der Waals surface area contributed by atoms with E-state index >= 15 is 0 Å². The van der Waals surface area contributed by atoms with Gasteiger partial charge in [0.2, 0.25) is 0 Å². The summed E-state index contributed by atoms with van der Waals surface area (Å²) in [6.45, 7) is 0.887. The Labute approximate surface area is 46.9 Å². The molecule has 0 aliphatic rings. The molecule has 8 heavy (non-hydrogen) atoms. The molecule has 0 aromatic rings. The first-order valence-electron chi connectivity index (χ1n) is 2.16. The van der Waals surface area contributed by atoms with Crippen molar-refractivity contribution < 1.29 is 15.0 Å². The fourth-order valence-corrected chi connectivity index (χ4v) is 0.0873. The van der Waals surface area contributed by atoms with E-state index in [2.05, 4.69) is 0 Å². The van der Waals surface area contributed by atoms with Gasteiger partial charge >= 0.3 is 5.97 Å². The number of carboxylic acids is 1. The Morgan fingerprint density at radius 3 is 2.25 bits per heavy atom. The minimum Gasteiger partial charge on any atom is -0.479 e. The summed E-state index contributed by atoms with van der Waals surface area (Å²) >= 11 is 0. The Morgan fingerprint density at radius 2 is 2.25 bits per heavy atom. The molecule has 0 spiro atoms. The van der Waals surface area contributed by atoms with E-state index in [9.17, 15) is 4.79 Å².